The van der Waals surface area contributed by atoms with E-state index in [2.05, 4.69) is 20.8 Å². The predicted octanol–water partition coefficient (Wildman–Crippen LogP) is -2.21. The van der Waals surface area contributed by atoms with Crippen LogP contribution in [-0.2, 0) is 19.1 Å². The van der Waals surface area contributed by atoms with Crippen LogP contribution in [-0.4, -0.2) is 63.9 Å². The Bertz CT molecular complexity index is 838. The largest absolute Gasteiger partial charge is 1.00 e. The van der Waals surface area contributed by atoms with E-state index < -0.39 is 36.7 Å². The van der Waals surface area contributed by atoms with Crippen LogP contribution in [0, 0.1) is 40.4 Å². The first kappa shape index (κ1) is 28.0. The summed E-state index contributed by atoms with van der Waals surface area (Å²) in [7, 11) is 0. The van der Waals surface area contributed by atoms with Crippen molar-refractivity contribution in [2.75, 3.05) is 0 Å². The Balaban J connectivity index is 0.00000289. The summed E-state index contributed by atoms with van der Waals surface area (Å²) < 4.78 is 11.4. The van der Waals surface area contributed by atoms with Crippen molar-refractivity contribution in [2.24, 2.45) is 40.4 Å². The van der Waals surface area contributed by atoms with Crippen molar-refractivity contribution in [3.05, 3.63) is 0 Å². The van der Waals surface area contributed by atoms with Gasteiger partial charge in [-0.05, 0) is 80.0 Å². The van der Waals surface area contributed by atoms with Crippen molar-refractivity contribution >= 4 is 11.8 Å². The normalized spacial score (nSPS) is 53.7. The van der Waals surface area contributed by atoms with Crippen LogP contribution >= 0.6 is 0 Å². The van der Waals surface area contributed by atoms with Crippen molar-refractivity contribution in [3.63, 3.8) is 0 Å². The van der Waals surface area contributed by atoms with Gasteiger partial charge in [0.25, 0.3) is 0 Å². The van der Waals surface area contributed by atoms with Crippen molar-refractivity contribution < 1.29 is 69.0 Å². The maximum Gasteiger partial charge on any atom is 1.00 e. The fourth-order valence-electron chi connectivity index (χ4n) is 8.87. The maximum atomic E-state index is 12.7. The fraction of sp³-hybridized carbons (Fsp3) is 0.923. The minimum Gasteiger partial charge on any atom is -0.547 e. The molecule has 35 heavy (non-hydrogen) atoms. The van der Waals surface area contributed by atoms with Gasteiger partial charge >= 0.3 is 29.6 Å². The second-order valence-electron chi connectivity index (χ2n) is 12.4. The molecule has 4 aliphatic carbocycles. The molecule has 0 unspecified atom stereocenters. The number of ketones is 1. The van der Waals surface area contributed by atoms with Gasteiger partial charge in [0.2, 0.25) is 0 Å². The Morgan fingerprint density at radius 1 is 1.06 bits per heavy atom. The van der Waals surface area contributed by atoms with Gasteiger partial charge < -0.3 is 34.7 Å². The molecule has 4 saturated carbocycles. The third-order valence-electron chi connectivity index (χ3n) is 10.8. The van der Waals surface area contributed by atoms with Crippen molar-refractivity contribution in [3.8, 4) is 0 Å². The molecule has 0 bridgehead atoms. The molecule has 1 saturated heterocycles. The molecule has 0 spiro atoms. The summed E-state index contributed by atoms with van der Waals surface area (Å²) in [5, 5.41) is 41.8. The molecule has 0 amide bonds. The van der Waals surface area contributed by atoms with Crippen LogP contribution in [0.4, 0.5) is 0 Å². The third kappa shape index (κ3) is 4.38. The number of carboxylic acid groups (broad SMARTS) is 1. The summed E-state index contributed by atoms with van der Waals surface area (Å²) in [5.74, 6) is 1.09. The third-order valence-corrected chi connectivity index (χ3v) is 10.8. The Morgan fingerprint density at radius 3 is 2.46 bits per heavy atom. The van der Waals surface area contributed by atoms with Crippen LogP contribution in [0.2, 0.25) is 0 Å². The quantitative estimate of drug-likeness (QED) is 0.292. The van der Waals surface area contributed by atoms with E-state index in [1.165, 1.54) is 0 Å². The molecule has 0 aromatic carbocycles. The van der Waals surface area contributed by atoms with Crippen LogP contribution in [0.15, 0.2) is 0 Å². The first-order chi connectivity index (χ1) is 16.0. The molecule has 8 nitrogen and oxygen atoms in total. The second kappa shape index (κ2) is 9.92. The first-order valence-corrected chi connectivity index (χ1v) is 13.1. The van der Waals surface area contributed by atoms with Crippen LogP contribution in [0.5, 0.6) is 0 Å². The van der Waals surface area contributed by atoms with Gasteiger partial charge in [0.1, 0.15) is 30.2 Å². The van der Waals surface area contributed by atoms with Gasteiger partial charge in [0, 0.05) is 11.8 Å². The number of aliphatic hydroxyl groups excluding tert-OH is 3. The predicted molar refractivity (Wildman–Crippen MR) is 118 cm³/mol. The van der Waals surface area contributed by atoms with Gasteiger partial charge in [-0.3, -0.25) is 4.79 Å². The number of hydrogen-bond acceptors (Lipinski definition) is 8. The van der Waals surface area contributed by atoms with Crippen molar-refractivity contribution in [1.82, 2.24) is 0 Å². The number of rotatable bonds is 3. The van der Waals surface area contributed by atoms with Crippen LogP contribution in [0.3, 0.4) is 0 Å². The van der Waals surface area contributed by atoms with Gasteiger partial charge in [-0.15, -0.1) is 0 Å². The van der Waals surface area contributed by atoms with E-state index in [0.717, 1.165) is 51.4 Å². The number of aliphatic hydroxyl groups is 3. The zero-order chi connectivity index (χ0) is 24.6. The molecule has 5 aliphatic rings. The molecular formula is C26H39NaO8. The fourth-order valence-corrected chi connectivity index (χ4v) is 8.87. The Kier molecular flexibility index (Phi) is 7.92. The first-order valence-electron chi connectivity index (χ1n) is 13.1. The number of ether oxygens (including phenoxy) is 2. The standard InChI is InChI=1S/C26H40O8.Na/c1-12-11-26(3)13(4-5-14-15-6-7-18(27)25(15,2)9-8-16(14)26)10-17(12)33-24-21(30)19(28)20(29)22(34-24)23(31)32;/h12-17,19-22,24,28-30H,4-11H2,1-3H3,(H,31,32);/q;+1/p-1/t12-,13+,14+,15+,16+,17+,19+,20+,21-,22+,24-,25+,26+;/m1./s1. The van der Waals surface area contributed by atoms with Gasteiger partial charge in [-0.2, -0.15) is 0 Å². The summed E-state index contributed by atoms with van der Waals surface area (Å²) in [6, 6.07) is 0. The molecule has 0 aromatic heterocycles. The molecule has 3 N–H and O–H groups in total. The molecule has 1 aliphatic heterocycles. The number of fused-ring (bicyclic) bond motifs is 5. The van der Waals surface area contributed by atoms with Gasteiger partial charge in [0.15, 0.2) is 6.29 Å². The van der Waals surface area contributed by atoms with Gasteiger partial charge in [0.05, 0.1) is 12.1 Å². The molecule has 5 rings (SSSR count). The van der Waals surface area contributed by atoms with E-state index in [-0.39, 0.29) is 52.4 Å². The number of hydrogen-bond donors (Lipinski definition) is 3. The summed E-state index contributed by atoms with van der Waals surface area (Å²) in [6.45, 7) is 6.74. The second-order valence-corrected chi connectivity index (χ2v) is 12.4. The topological polar surface area (TPSA) is 136 Å². The number of carbonyl (C=O) groups is 2. The average Bonchev–Trinajstić information content (AvgIpc) is 3.09. The molecular weight excluding hydrogens is 463 g/mol. The van der Waals surface area contributed by atoms with E-state index in [4.69, 9.17) is 9.47 Å². The minimum atomic E-state index is -1.78. The van der Waals surface area contributed by atoms with E-state index in [1.54, 1.807) is 0 Å². The summed E-state index contributed by atoms with van der Waals surface area (Å²) in [6.07, 6.45) is -0.575. The summed E-state index contributed by atoms with van der Waals surface area (Å²) in [4.78, 5) is 24.0. The molecule has 9 heteroatoms. The average molecular weight is 503 g/mol. The number of aliphatic carboxylic acids is 1. The summed E-state index contributed by atoms with van der Waals surface area (Å²) >= 11 is 0. The Hall–Kier alpha value is -0.0600. The maximum absolute atomic E-state index is 12.7. The van der Waals surface area contributed by atoms with E-state index in [0.29, 0.717) is 29.5 Å². The van der Waals surface area contributed by atoms with Gasteiger partial charge in [-0.25, -0.2) is 0 Å². The van der Waals surface area contributed by atoms with E-state index in [1.807, 2.05) is 0 Å². The van der Waals surface area contributed by atoms with E-state index in [9.17, 15) is 30.0 Å². The van der Waals surface area contributed by atoms with Crippen LogP contribution < -0.4 is 34.7 Å². The number of Topliss-reactive ketones (excluding diaryl/α,β-unsaturated/α-hetero) is 1. The smallest absolute Gasteiger partial charge is 0.547 e. The zero-order valence-electron chi connectivity index (χ0n) is 21.4. The van der Waals surface area contributed by atoms with Crippen molar-refractivity contribution in [2.45, 2.75) is 109 Å². The minimum absolute atomic E-state index is 0. The molecule has 192 valence electrons. The molecule has 0 radical (unpaired) electrons. The number of carboxylic acids is 1. The summed E-state index contributed by atoms with van der Waals surface area (Å²) in [5.41, 5.74) is 0.0239. The SMILES string of the molecule is C[C@@H]1C[C@@]2(C)[C@@H](CC[C@@H]3[C@@H]2CC[C@]2(C)C(=O)CC[C@@H]32)C[C@@H]1O[C@@H]1O[C@H](C(=O)[O-])[C@@H](O)[C@H](O)[C@H]1O.[Na+]. The number of carbonyl (C=O) groups excluding carboxylic acids is 2. The molecule has 1 heterocycles. The van der Waals surface area contributed by atoms with Crippen LogP contribution in [0.25, 0.3) is 0 Å². The van der Waals surface area contributed by atoms with Crippen LogP contribution in [0.1, 0.15) is 72.1 Å². The Morgan fingerprint density at radius 2 is 1.77 bits per heavy atom. The zero-order valence-corrected chi connectivity index (χ0v) is 23.4. The van der Waals surface area contributed by atoms with Crippen molar-refractivity contribution in [1.29, 1.82) is 0 Å². The molecule has 13 atom stereocenters. The Labute approximate surface area is 229 Å². The molecule has 5 fully saturated rings. The van der Waals surface area contributed by atoms with Gasteiger partial charge in [-0.1, -0.05) is 20.8 Å². The molecule has 0 aromatic rings. The monoisotopic (exact) mass is 502 g/mol. The van der Waals surface area contributed by atoms with E-state index >= 15 is 0 Å².